The van der Waals surface area contributed by atoms with Crippen molar-refractivity contribution in [3.05, 3.63) is 21.7 Å². The first kappa shape index (κ1) is 12.7. The maximum atomic E-state index is 11.7. The summed E-state index contributed by atoms with van der Waals surface area (Å²) < 4.78 is 0. The van der Waals surface area contributed by atoms with Crippen molar-refractivity contribution in [2.75, 3.05) is 4.90 Å². The summed E-state index contributed by atoms with van der Waals surface area (Å²) >= 11 is 0. The van der Waals surface area contributed by atoms with E-state index in [1.54, 1.807) is 0 Å². The first-order valence-corrected chi connectivity index (χ1v) is 5.70. The zero-order valence-corrected chi connectivity index (χ0v) is 11.0. The predicted molar refractivity (Wildman–Crippen MR) is 67.1 cm³/mol. The summed E-state index contributed by atoms with van der Waals surface area (Å²) in [6.07, 6.45) is 0. The van der Waals surface area contributed by atoms with Crippen LogP contribution in [0, 0.1) is 13.8 Å². The lowest BCUT2D eigenvalue weighted by atomic mass is 10.2. The van der Waals surface area contributed by atoms with E-state index in [1.807, 2.05) is 13.8 Å². The highest BCUT2D eigenvalue weighted by Crippen LogP contribution is 2.19. The van der Waals surface area contributed by atoms with Crippen molar-refractivity contribution in [2.24, 2.45) is 0 Å². The van der Waals surface area contributed by atoms with Gasteiger partial charge in [0.25, 0.3) is 5.56 Å². The van der Waals surface area contributed by atoms with E-state index in [-0.39, 0.29) is 5.56 Å². The summed E-state index contributed by atoms with van der Waals surface area (Å²) in [7, 11) is 0. The van der Waals surface area contributed by atoms with Gasteiger partial charge in [0, 0.05) is 12.1 Å². The summed E-state index contributed by atoms with van der Waals surface area (Å²) in [6.45, 7) is 12.1. The van der Waals surface area contributed by atoms with Gasteiger partial charge in [-0.1, -0.05) is 0 Å². The third kappa shape index (κ3) is 2.43. The number of anilines is 1. The molecule has 0 saturated heterocycles. The number of hydrogen-bond donors (Lipinski definition) is 1. The molecule has 0 fully saturated rings. The predicted octanol–water partition coefficient (Wildman–Crippen LogP) is 2.01. The van der Waals surface area contributed by atoms with Crippen molar-refractivity contribution in [1.29, 1.82) is 0 Å². The molecule has 0 aliphatic heterocycles. The van der Waals surface area contributed by atoms with Crippen molar-refractivity contribution in [2.45, 2.75) is 53.6 Å². The Morgan fingerprint density at radius 3 is 2.06 bits per heavy atom. The standard InChI is InChI=1S/C12H21N3O/c1-7(2)15(8(3)4)11-9(5)12(16)14-10(6)13-11/h7-8H,1-6H3,(H,13,14,16). The molecule has 1 N–H and O–H groups in total. The molecule has 1 rings (SSSR count). The highest BCUT2D eigenvalue weighted by Gasteiger charge is 2.19. The van der Waals surface area contributed by atoms with Gasteiger partial charge in [-0.05, 0) is 41.5 Å². The number of H-pyrrole nitrogens is 1. The van der Waals surface area contributed by atoms with Crippen molar-refractivity contribution in [3.8, 4) is 0 Å². The fourth-order valence-corrected chi connectivity index (χ4v) is 1.97. The van der Waals surface area contributed by atoms with Gasteiger partial charge >= 0.3 is 0 Å². The highest BCUT2D eigenvalue weighted by molar-refractivity contribution is 5.46. The molecule has 0 radical (unpaired) electrons. The molecule has 1 heterocycles. The smallest absolute Gasteiger partial charge is 0.255 e. The number of aryl methyl sites for hydroxylation is 1. The third-order valence-corrected chi connectivity index (χ3v) is 2.60. The quantitative estimate of drug-likeness (QED) is 0.852. The van der Waals surface area contributed by atoms with Crippen molar-refractivity contribution < 1.29 is 0 Å². The first-order valence-electron chi connectivity index (χ1n) is 5.70. The molecule has 90 valence electrons. The van der Waals surface area contributed by atoms with Crippen LogP contribution >= 0.6 is 0 Å². The molecule has 0 aliphatic carbocycles. The van der Waals surface area contributed by atoms with Crippen LogP contribution in [0.4, 0.5) is 5.82 Å². The molecule has 16 heavy (non-hydrogen) atoms. The van der Waals surface area contributed by atoms with E-state index in [0.29, 0.717) is 23.5 Å². The van der Waals surface area contributed by atoms with Crippen LogP contribution in [0.5, 0.6) is 0 Å². The maximum Gasteiger partial charge on any atom is 0.255 e. The van der Waals surface area contributed by atoms with Crippen molar-refractivity contribution >= 4 is 5.82 Å². The largest absolute Gasteiger partial charge is 0.351 e. The van der Waals surface area contributed by atoms with Gasteiger partial charge in [-0.3, -0.25) is 4.79 Å². The van der Waals surface area contributed by atoms with Gasteiger partial charge in [0.2, 0.25) is 0 Å². The van der Waals surface area contributed by atoms with Crippen LogP contribution in [0.15, 0.2) is 4.79 Å². The topological polar surface area (TPSA) is 49.0 Å². The molecule has 0 aromatic carbocycles. The molecule has 0 unspecified atom stereocenters. The van der Waals surface area contributed by atoms with Crippen LogP contribution in [0.2, 0.25) is 0 Å². The van der Waals surface area contributed by atoms with Crippen molar-refractivity contribution in [3.63, 3.8) is 0 Å². The average molecular weight is 223 g/mol. The molecule has 1 aromatic heterocycles. The molecule has 0 amide bonds. The Labute approximate surface area is 96.7 Å². The Kier molecular flexibility index (Phi) is 3.73. The number of aromatic nitrogens is 2. The van der Waals surface area contributed by atoms with E-state index >= 15 is 0 Å². The van der Waals surface area contributed by atoms with Crippen LogP contribution in [0.1, 0.15) is 39.1 Å². The zero-order chi connectivity index (χ0) is 12.5. The Morgan fingerprint density at radius 2 is 1.62 bits per heavy atom. The normalized spacial score (nSPS) is 11.2. The summed E-state index contributed by atoms with van der Waals surface area (Å²) in [6, 6.07) is 0.653. The minimum absolute atomic E-state index is 0.0474. The Bertz CT molecular complexity index is 413. The van der Waals surface area contributed by atoms with Crippen LogP contribution in [-0.4, -0.2) is 22.1 Å². The van der Waals surface area contributed by atoms with Crippen LogP contribution in [0.3, 0.4) is 0 Å². The van der Waals surface area contributed by atoms with E-state index in [1.165, 1.54) is 0 Å². The lowest BCUT2D eigenvalue weighted by Gasteiger charge is -2.32. The van der Waals surface area contributed by atoms with E-state index in [4.69, 9.17) is 0 Å². The van der Waals surface area contributed by atoms with Gasteiger partial charge in [0.05, 0.1) is 5.56 Å². The van der Waals surface area contributed by atoms with Gasteiger partial charge < -0.3 is 9.88 Å². The average Bonchev–Trinajstić information content (AvgIpc) is 2.12. The van der Waals surface area contributed by atoms with E-state index < -0.39 is 0 Å². The van der Waals surface area contributed by atoms with Gasteiger partial charge in [-0.15, -0.1) is 0 Å². The molecule has 0 aliphatic rings. The molecule has 0 spiro atoms. The van der Waals surface area contributed by atoms with Gasteiger partial charge in [-0.25, -0.2) is 4.98 Å². The molecule has 4 nitrogen and oxygen atoms in total. The SMILES string of the molecule is Cc1nc(N(C(C)C)C(C)C)c(C)c(=O)[nH]1. The van der Waals surface area contributed by atoms with Gasteiger partial charge in [-0.2, -0.15) is 0 Å². The first-order chi connectivity index (χ1) is 7.34. The Morgan fingerprint density at radius 1 is 1.12 bits per heavy atom. The monoisotopic (exact) mass is 223 g/mol. The fourth-order valence-electron chi connectivity index (χ4n) is 1.97. The summed E-state index contributed by atoms with van der Waals surface area (Å²) in [5.74, 6) is 1.46. The Hall–Kier alpha value is -1.32. The van der Waals surface area contributed by atoms with Gasteiger partial charge in [0.15, 0.2) is 0 Å². The number of aromatic amines is 1. The zero-order valence-electron chi connectivity index (χ0n) is 11.0. The van der Waals surface area contributed by atoms with Crippen LogP contribution < -0.4 is 10.5 Å². The van der Waals surface area contributed by atoms with Crippen LogP contribution in [-0.2, 0) is 0 Å². The Balaban J connectivity index is 3.35. The lowest BCUT2D eigenvalue weighted by Crippen LogP contribution is -2.39. The maximum absolute atomic E-state index is 11.7. The lowest BCUT2D eigenvalue weighted by molar-refractivity contribution is 0.595. The molecule has 0 atom stereocenters. The van der Waals surface area contributed by atoms with E-state index in [2.05, 4.69) is 42.6 Å². The van der Waals surface area contributed by atoms with Gasteiger partial charge in [0.1, 0.15) is 11.6 Å². The minimum Gasteiger partial charge on any atom is -0.351 e. The number of hydrogen-bond acceptors (Lipinski definition) is 3. The molecular formula is C12H21N3O. The molecule has 0 bridgehead atoms. The second-order valence-electron chi connectivity index (χ2n) is 4.69. The third-order valence-electron chi connectivity index (χ3n) is 2.60. The molecular weight excluding hydrogens is 202 g/mol. The number of rotatable bonds is 3. The molecule has 4 heteroatoms. The minimum atomic E-state index is -0.0474. The summed E-state index contributed by atoms with van der Waals surface area (Å²) in [5, 5.41) is 0. The molecule has 1 aromatic rings. The second-order valence-corrected chi connectivity index (χ2v) is 4.69. The molecule has 0 saturated carbocycles. The van der Waals surface area contributed by atoms with E-state index in [0.717, 1.165) is 5.82 Å². The number of nitrogens with one attached hydrogen (secondary N) is 1. The van der Waals surface area contributed by atoms with Crippen molar-refractivity contribution in [1.82, 2.24) is 9.97 Å². The second kappa shape index (κ2) is 4.68. The summed E-state index contributed by atoms with van der Waals surface area (Å²) in [4.78, 5) is 21.0. The van der Waals surface area contributed by atoms with Crippen LogP contribution in [0.25, 0.3) is 0 Å². The fraction of sp³-hybridized carbons (Fsp3) is 0.667. The van der Waals surface area contributed by atoms with E-state index in [9.17, 15) is 4.79 Å². The number of nitrogens with zero attached hydrogens (tertiary/aromatic N) is 2. The highest BCUT2D eigenvalue weighted by atomic mass is 16.1. The summed E-state index contributed by atoms with van der Waals surface area (Å²) in [5.41, 5.74) is 0.641.